The minimum atomic E-state index is -0.500. The van der Waals surface area contributed by atoms with Gasteiger partial charge in [0.1, 0.15) is 0 Å². The number of carbonyl (C=O) groups excluding carboxylic acids is 1. The molecule has 10 heteroatoms. The van der Waals surface area contributed by atoms with Crippen LogP contribution in [0.15, 0.2) is 46.8 Å². The second-order valence-corrected chi connectivity index (χ2v) is 8.87. The highest BCUT2D eigenvalue weighted by molar-refractivity contribution is 8.02. The number of nitro groups is 1. The van der Waals surface area contributed by atoms with Gasteiger partial charge in [0, 0.05) is 23.5 Å². The van der Waals surface area contributed by atoms with Gasteiger partial charge in [-0.2, -0.15) is 0 Å². The van der Waals surface area contributed by atoms with Crippen LogP contribution in [0.4, 0.5) is 22.2 Å². The molecule has 0 aliphatic rings. The van der Waals surface area contributed by atoms with Crippen molar-refractivity contribution in [2.24, 2.45) is 0 Å². The van der Waals surface area contributed by atoms with Crippen LogP contribution in [0, 0.1) is 24.0 Å². The molecule has 0 saturated carbocycles. The zero-order valence-electron chi connectivity index (χ0n) is 16.0. The Hall–Kier alpha value is -2.98. The molecule has 3 rings (SSSR count). The first-order chi connectivity index (χ1) is 13.8. The zero-order valence-corrected chi connectivity index (χ0v) is 17.6. The molecule has 0 radical (unpaired) electrons. The van der Waals surface area contributed by atoms with Crippen LogP contribution in [0.1, 0.15) is 18.1 Å². The number of non-ortho nitro benzene ring substituents is 1. The molecule has 0 aliphatic heterocycles. The van der Waals surface area contributed by atoms with E-state index in [1.165, 1.54) is 46.9 Å². The highest BCUT2D eigenvalue weighted by atomic mass is 32.2. The number of hydrogen-bond donors (Lipinski definition) is 2. The molecule has 29 heavy (non-hydrogen) atoms. The Morgan fingerprint density at radius 2 is 1.97 bits per heavy atom. The van der Waals surface area contributed by atoms with E-state index < -0.39 is 10.2 Å². The van der Waals surface area contributed by atoms with Crippen LogP contribution < -0.4 is 10.6 Å². The monoisotopic (exact) mass is 429 g/mol. The fourth-order valence-corrected chi connectivity index (χ4v) is 4.36. The van der Waals surface area contributed by atoms with E-state index in [1.807, 2.05) is 32.0 Å². The molecule has 1 amide bonds. The Balaban J connectivity index is 1.61. The maximum atomic E-state index is 12.4. The van der Waals surface area contributed by atoms with Gasteiger partial charge in [0.15, 0.2) is 4.34 Å². The van der Waals surface area contributed by atoms with Gasteiger partial charge in [-0.25, -0.2) is 0 Å². The lowest BCUT2D eigenvalue weighted by Gasteiger charge is -2.10. The van der Waals surface area contributed by atoms with Crippen molar-refractivity contribution >= 4 is 51.2 Å². The molecular weight excluding hydrogens is 410 g/mol. The quantitative estimate of drug-likeness (QED) is 0.311. The summed E-state index contributed by atoms with van der Waals surface area (Å²) in [6.07, 6.45) is 0. The summed E-state index contributed by atoms with van der Waals surface area (Å²) < 4.78 is 0.652. The van der Waals surface area contributed by atoms with Crippen molar-refractivity contribution in [2.75, 3.05) is 10.6 Å². The Labute approximate surface area is 175 Å². The molecule has 2 N–H and O–H groups in total. The van der Waals surface area contributed by atoms with Gasteiger partial charge < -0.3 is 10.6 Å². The third-order valence-corrected chi connectivity index (χ3v) is 6.25. The Kier molecular flexibility index (Phi) is 6.45. The first-order valence-corrected chi connectivity index (χ1v) is 10.4. The number of aryl methyl sites for hydroxylation is 1. The summed E-state index contributed by atoms with van der Waals surface area (Å²) >= 11 is 2.64. The summed E-state index contributed by atoms with van der Waals surface area (Å²) in [5.74, 6) is -0.269. The van der Waals surface area contributed by atoms with Crippen LogP contribution in [0.25, 0.3) is 0 Å². The molecule has 150 valence electrons. The molecule has 1 aromatic heterocycles. The highest BCUT2D eigenvalue weighted by Crippen LogP contribution is 2.32. The predicted molar refractivity (Wildman–Crippen MR) is 116 cm³/mol. The van der Waals surface area contributed by atoms with Crippen molar-refractivity contribution < 1.29 is 9.72 Å². The second kappa shape index (κ2) is 9.01. The molecule has 2 aromatic carbocycles. The molecule has 3 aromatic rings. The number of carbonyl (C=O) groups is 1. The zero-order chi connectivity index (χ0) is 21.0. The lowest BCUT2D eigenvalue weighted by molar-refractivity contribution is -0.384. The van der Waals surface area contributed by atoms with Crippen molar-refractivity contribution in [1.29, 1.82) is 0 Å². The van der Waals surface area contributed by atoms with Gasteiger partial charge in [-0.3, -0.25) is 14.9 Å². The van der Waals surface area contributed by atoms with Crippen LogP contribution in [0.3, 0.4) is 0 Å². The van der Waals surface area contributed by atoms with Crippen molar-refractivity contribution in [3.63, 3.8) is 0 Å². The van der Waals surface area contributed by atoms with E-state index in [-0.39, 0.29) is 11.6 Å². The average Bonchev–Trinajstić information content (AvgIpc) is 3.12. The van der Waals surface area contributed by atoms with Crippen LogP contribution in [-0.2, 0) is 4.79 Å². The van der Waals surface area contributed by atoms with Crippen LogP contribution in [0.2, 0.25) is 0 Å². The molecule has 1 atom stereocenters. The number of nitrogens with one attached hydrogen (secondary N) is 2. The lowest BCUT2D eigenvalue weighted by Crippen LogP contribution is -2.22. The van der Waals surface area contributed by atoms with Gasteiger partial charge in [0.2, 0.25) is 11.0 Å². The normalized spacial score (nSPS) is 11.7. The topological polar surface area (TPSA) is 110 Å². The van der Waals surface area contributed by atoms with Gasteiger partial charge >= 0.3 is 0 Å². The fraction of sp³-hybridized carbons (Fsp3) is 0.211. The molecule has 0 fully saturated rings. The first kappa shape index (κ1) is 20.7. The SMILES string of the molecule is Cc1cccc(Nc2nnc(SC(C)C(=O)Nc3cccc([N+](=O)[O-])c3)s2)c1C. The minimum absolute atomic E-state index is 0.0746. The maximum Gasteiger partial charge on any atom is 0.271 e. The number of hydrogen-bond acceptors (Lipinski definition) is 8. The smallest absolute Gasteiger partial charge is 0.271 e. The van der Waals surface area contributed by atoms with Crippen molar-refractivity contribution in [3.05, 3.63) is 63.7 Å². The minimum Gasteiger partial charge on any atom is -0.330 e. The van der Waals surface area contributed by atoms with E-state index in [4.69, 9.17) is 0 Å². The third kappa shape index (κ3) is 5.30. The number of amides is 1. The first-order valence-electron chi connectivity index (χ1n) is 8.72. The Morgan fingerprint density at radius 3 is 2.72 bits per heavy atom. The highest BCUT2D eigenvalue weighted by Gasteiger charge is 2.18. The van der Waals surface area contributed by atoms with Crippen LogP contribution in [-0.4, -0.2) is 26.3 Å². The molecule has 1 unspecified atom stereocenters. The summed E-state index contributed by atoms with van der Waals surface area (Å²) in [5, 5.41) is 25.3. The Bertz CT molecular complexity index is 1050. The molecule has 8 nitrogen and oxygen atoms in total. The van der Waals surface area contributed by atoms with Gasteiger partial charge in [-0.05, 0) is 44.0 Å². The summed E-state index contributed by atoms with van der Waals surface area (Å²) in [6.45, 7) is 5.83. The number of thioether (sulfide) groups is 1. The largest absolute Gasteiger partial charge is 0.330 e. The number of aromatic nitrogens is 2. The van der Waals surface area contributed by atoms with E-state index in [0.29, 0.717) is 15.2 Å². The van der Waals surface area contributed by atoms with E-state index in [0.717, 1.165) is 11.3 Å². The van der Waals surface area contributed by atoms with Gasteiger partial charge in [-0.15, -0.1) is 10.2 Å². The predicted octanol–water partition coefficient (Wildman–Crippen LogP) is 4.93. The molecule has 1 heterocycles. The molecule has 0 saturated heterocycles. The van der Waals surface area contributed by atoms with Gasteiger partial charge in [0.25, 0.3) is 5.69 Å². The van der Waals surface area contributed by atoms with Crippen molar-refractivity contribution in [1.82, 2.24) is 10.2 Å². The van der Waals surface area contributed by atoms with Crippen molar-refractivity contribution in [2.45, 2.75) is 30.4 Å². The fourth-order valence-electron chi connectivity index (χ4n) is 2.46. The number of anilines is 3. The van der Waals surface area contributed by atoms with Crippen LogP contribution >= 0.6 is 23.1 Å². The summed E-state index contributed by atoms with van der Waals surface area (Å²) in [4.78, 5) is 22.8. The lowest BCUT2D eigenvalue weighted by atomic mass is 10.1. The number of rotatable bonds is 7. The van der Waals surface area contributed by atoms with E-state index in [9.17, 15) is 14.9 Å². The van der Waals surface area contributed by atoms with Crippen LogP contribution in [0.5, 0.6) is 0 Å². The standard InChI is InChI=1S/C19H19N5O3S2/c1-11-6-4-9-16(12(11)2)21-18-22-23-19(29-18)28-13(3)17(25)20-14-7-5-8-15(10-14)24(26)27/h4-10,13H,1-3H3,(H,20,25)(H,21,22). The second-order valence-electron chi connectivity index (χ2n) is 6.30. The van der Waals surface area contributed by atoms with E-state index in [1.54, 1.807) is 13.0 Å². The number of nitrogens with zero attached hydrogens (tertiary/aromatic N) is 3. The Morgan fingerprint density at radius 1 is 1.21 bits per heavy atom. The summed E-state index contributed by atoms with van der Waals surface area (Å²) in [5.41, 5.74) is 3.59. The summed E-state index contributed by atoms with van der Waals surface area (Å²) in [7, 11) is 0. The van der Waals surface area contributed by atoms with Crippen molar-refractivity contribution in [3.8, 4) is 0 Å². The summed E-state index contributed by atoms with van der Waals surface area (Å²) in [6, 6.07) is 11.8. The maximum absolute atomic E-state index is 12.4. The van der Waals surface area contributed by atoms with E-state index in [2.05, 4.69) is 20.8 Å². The van der Waals surface area contributed by atoms with Gasteiger partial charge in [-0.1, -0.05) is 41.3 Å². The number of nitro benzene ring substituents is 1. The van der Waals surface area contributed by atoms with Gasteiger partial charge in [0.05, 0.1) is 10.2 Å². The average molecular weight is 430 g/mol. The van der Waals surface area contributed by atoms with E-state index >= 15 is 0 Å². The molecule has 0 bridgehead atoms. The molecule has 0 spiro atoms. The molecule has 0 aliphatic carbocycles. The number of benzene rings is 2. The third-order valence-electron chi connectivity index (χ3n) is 4.22. The molecular formula is C19H19N5O3S2.